The zero-order valence-corrected chi connectivity index (χ0v) is 42.3. The molecule has 0 aliphatic carbocycles. The van der Waals surface area contributed by atoms with Crippen molar-refractivity contribution in [1.82, 2.24) is 5.32 Å². The number of amides is 1. The maximum absolute atomic E-state index is 12.5. The van der Waals surface area contributed by atoms with Crippen LogP contribution in [0.5, 0.6) is 0 Å². The topological polar surface area (TPSA) is 95.9 Å². The van der Waals surface area contributed by atoms with Crippen LogP contribution in [-0.4, -0.2) is 47.4 Å². The van der Waals surface area contributed by atoms with Gasteiger partial charge in [0.25, 0.3) is 0 Å². The Hall–Kier alpha value is -1.66. The highest BCUT2D eigenvalue weighted by atomic mass is 16.5. The number of unbranched alkanes of at least 4 members (excludes halogenated alkanes) is 37. The Bertz CT molecular complexity index is 982. The normalized spacial score (nSPS) is 12.8. The standard InChI is InChI=1S/C57H109NO5/c1-3-5-7-9-11-13-15-17-18-20-23-26-29-33-37-41-45-49-55(60)54(53-59)58-56(61)50-46-42-38-34-30-27-24-21-19-22-25-28-32-36-40-44-48-52-63-57(62)51-47-43-39-35-31-16-14-12-10-8-6-4-2/h12,14,19,22,54-55,59-60H,3-11,13,15-18,20-21,23-53H2,1-2H3,(H,58,61)/b14-12-,22-19-. The minimum absolute atomic E-state index is 0.0118. The van der Waals surface area contributed by atoms with Crippen molar-refractivity contribution in [2.75, 3.05) is 13.2 Å². The van der Waals surface area contributed by atoms with Gasteiger partial charge in [-0.2, -0.15) is 0 Å². The Labute approximate surface area is 392 Å². The van der Waals surface area contributed by atoms with Crippen LogP contribution in [-0.2, 0) is 14.3 Å². The molecule has 1 amide bonds. The number of carbonyl (C=O) groups excluding carboxylic acids is 2. The Morgan fingerprint density at radius 3 is 1.16 bits per heavy atom. The molecule has 63 heavy (non-hydrogen) atoms. The van der Waals surface area contributed by atoms with Crippen molar-refractivity contribution in [2.45, 2.75) is 315 Å². The van der Waals surface area contributed by atoms with Crippen molar-refractivity contribution < 1.29 is 24.5 Å². The summed E-state index contributed by atoms with van der Waals surface area (Å²) in [5.74, 6) is -0.0574. The number of esters is 1. The average molecular weight is 889 g/mol. The van der Waals surface area contributed by atoms with E-state index in [1.165, 1.54) is 212 Å². The second kappa shape index (κ2) is 53.0. The van der Waals surface area contributed by atoms with Gasteiger partial charge in [-0.05, 0) is 77.0 Å². The van der Waals surface area contributed by atoms with Crippen molar-refractivity contribution in [2.24, 2.45) is 0 Å². The van der Waals surface area contributed by atoms with Gasteiger partial charge in [0, 0.05) is 12.8 Å². The summed E-state index contributed by atoms with van der Waals surface area (Å²) in [5, 5.41) is 23.3. The quantitative estimate of drug-likeness (QED) is 0.0321. The van der Waals surface area contributed by atoms with Gasteiger partial charge < -0.3 is 20.3 Å². The van der Waals surface area contributed by atoms with Gasteiger partial charge in [-0.1, -0.05) is 237 Å². The molecule has 0 aromatic carbocycles. The highest BCUT2D eigenvalue weighted by Crippen LogP contribution is 2.17. The third-order valence-corrected chi connectivity index (χ3v) is 13.0. The number of hydrogen-bond donors (Lipinski definition) is 3. The molecule has 0 fully saturated rings. The van der Waals surface area contributed by atoms with Crippen molar-refractivity contribution in [3.05, 3.63) is 24.3 Å². The van der Waals surface area contributed by atoms with E-state index >= 15 is 0 Å². The predicted molar refractivity (Wildman–Crippen MR) is 273 cm³/mol. The van der Waals surface area contributed by atoms with E-state index in [2.05, 4.69) is 43.5 Å². The van der Waals surface area contributed by atoms with Crippen LogP contribution in [0.3, 0.4) is 0 Å². The second-order valence-electron chi connectivity index (χ2n) is 19.3. The molecule has 0 heterocycles. The van der Waals surface area contributed by atoms with Crippen LogP contribution >= 0.6 is 0 Å². The number of hydrogen-bond acceptors (Lipinski definition) is 5. The van der Waals surface area contributed by atoms with E-state index in [-0.39, 0.29) is 18.5 Å². The molecule has 6 nitrogen and oxygen atoms in total. The molecule has 0 aliphatic heterocycles. The van der Waals surface area contributed by atoms with E-state index < -0.39 is 12.1 Å². The van der Waals surface area contributed by atoms with Crippen LogP contribution in [0.1, 0.15) is 303 Å². The Balaban J connectivity index is 3.47. The van der Waals surface area contributed by atoms with Crippen LogP contribution in [0, 0.1) is 0 Å². The largest absolute Gasteiger partial charge is 0.466 e. The first kappa shape index (κ1) is 61.3. The summed E-state index contributed by atoms with van der Waals surface area (Å²) < 4.78 is 5.45. The molecule has 0 radical (unpaired) electrons. The summed E-state index contributed by atoms with van der Waals surface area (Å²) in [6.45, 7) is 4.91. The van der Waals surface area contributed by atoms with Crippen molar-refractivity contribution in [1.29, 1.82) is 0 Å². The first-order valence-corrected chi connectivity index (χ1v) is 28.1. The maximum atomic E-state index is 12.5. The number of aliphatic hydroxyl groups is 2. The molecule has 6 heteroatoms. The van der Waals surface area contributed by atoms with E-state index in [9.17, 15) is 19.8 Å². The fraction of sp³-hybridized carbons (Fsp3) is 0.895. The Kier molecular flexibility index (Phi) is 51.6. The van der Waals surface area contributed by atoms with Gasteiger partial charge in [-0.3, -0.25) is 9.59 Å². The van der Waals surface area contributed by atoms with E-state index in [1.54, 1.807) is 0 Å². The molecule has 0 bridgehead atoms. The van der Waals surface area contributed by atoms with Gasteiger partial charge in [0.05, 0.1) is 25.4 Å². The van der Waals surface area contributed by atoms with Gasteiger partial charge >= 0.3 is 5.97 Å². The average Bonchev–Trinajstić information content (AvgIpc) is 3.28. The first-order chi connectivity index (χ1) is 31.0. The fourth-order valence-corrected chi connectivity index (χ4v) is 8.63. The summed E-state index contributed by atoms with van der Waals surface area (Å²) in [6.07, 6.45) is 63.0. The van der Waals surface area contributed by atoms with Crippen LogP contribution in [0.4, 0.5) is 0 Å². The van der Waals surface area contributed by atoms with Gasteiger partial charge in [-0.25, -0.2) is 0 Å². The Morgan fingerprint density at radius 1 is 0.429 bits per heavy atom. The first-order valence-electron chi connectivity index (χ1n) is 28.1. The number of aliphatic hydroxyl groups excluding tert-OH is 2. The number of rotatable bonds is 52. The van der Waals surface area contributed by atoms with Gasteiger partial charge in [0.1, 0.15) is 0 Å². The minimum Gasteiger partial charge on any atom is -0.466 e. The highest BCUT2D eigenvalue weighted by Gasteiger charge is 2.20. The van der Waals surface area contributed by atoms with Gasteiger partial charge in [0.15, 0.2) is 0 Å². The van der Waals surface area contributed by atoms with Crippen molar-refractivity contribution in [3.63, 3.8) is 0 Å². The molecule has 0 aromatic heterocycles. The third kappa shape index (κ3) is 49.6. The van der Waals surface area contributed by atoms with Crippen molar-refractivity contribution in [3.8, 4) is 0 Å². The zero-order valence-electron chi connectivity index (χ0n) is 42.3. The third-order valence-electron chi connectivity index (χ3n) is 13.0. The minimum atomic E-state index is -0.672. The van der Waals surface area contributed by atoms with E-state index in [4.69, 9.17) is 4.74 Å². The van der Waals surface area contributed by atoms with E-state index in [0.717, 1.165) is 57.8 Å². The SMILES string of the molecule is CCCCC/C=C\CCCCCCCC(=O)OCCCCCCCC/C=C\CCCCCCCCCC(=O)NC(CO)C(O)CCCCCCCCCCCCCCCCCCC. The molecule has 372 valence electrons. The number of ether oxygens (including phenoxy) is 1. The fourth-order valence-electron chi connectivity index (χ4n) is 8.63. The van der Waals surface area contributed by atoms with Crippen molar-refractivity contribution >= 4 is 11.9 Å². The molecule has 3 N–H and O–H groups in total. The summed E-state index contributed by atoms with van der Waals surface area (Å²) in [5.41, 5.74) is 0. The lowest BCUT2D eigenvalue weighted by Crippen LogP contribution is -2.45. The smallest absolute Gasteiger partial charge is 0.305 e. The lowest BCUT2D eigenvalue weighted by atomic mass is 10.0. The lowest BCUT2D eigenvalue weighted by Gasteiger charge is -2.22. The monoisotopic (exact) mass is 888 g/mol. The number of nitrogens with one attached hydrogen (secondary N) is 1. The van der Waals surface area contributed by atoms with Gasteiger partial charge in [-0.15, -0.1) is 0 Å². The molecule has 0 aliphatic rings. The lowest BCUT2D eigenvalue weighted by molar-refractivity contribution is -0.143. The second-order valence-corrected chi connectivity index (χ2v) is 19.3. The van der Waals surface area contributed by atoms with Crippen LogP contribution in [0.25, 0.3) is 0 Å². The van der Waals surface area contributed by atoms with Gasteiger partial charge in [0.2, 0.25) is 5.91 Å². The number of allylic oxidation sites excluding steroid dienone is 4. The molecule has 2 unspecified atom stereocenters. The van der Waals surface area contributed by atoms with E-state index in [1.807, 2.05) is 0 Å². The molecule has 0 rings (SSSR count). The summed E-state index contributed by atoms with van der Waals surface area (Å²) in [4.78, 5) is 24.5. The molecule has 0 saturated heterocycles. The summed E-state index contributed by atoms with van der Waals surface area (Å²) in [6, 6.07) is -0.550. The molecular weight excluding hydrogens is 779 g/mol. The van der Waals surface area contributed by atoms with Crippen LogP contribution in [0.2, 0.25) is 0 Å². The predicted octanol–water partition coefficient (Wildman–Crippen LogP) is 17.1. The molecule has 0 spiro atoms. The summed E-state index contributed by atoms with van der Waals surface area (Å²) >= 11 is 0. The number of carbonyl (C=O) groups is 2. The highest BCUT2D eigenvalue weighted by molar-refractivity contribution is 5.76. The van der Waals surface area contributed by atoms with E-state index in [0.29, 0.717) is 25.9 Å². The summed E-state index contributed by atoms with van der Waals surface area (Å²) in [7, 11) is 0. The zero-order chi connectivity index (χ0) is 45.8. The molecule has 0 aromatic rings. The molecule has 2 atom stereocenters. The molecule has 0 saturated carbocycles. The van der Waals surface area contributed by atoms with Crippen LogP contribution in [0.15, 0.2) is 24.3 Å². The molecular formula is C57H109NO5. The Morgan fingerprint density at radius 2 is 0.746 bits per heavy atom. The van der Waals surface area contributed by atoms with Crippen LogP contribution < -0.4 is 5.32 Å². The maximum Gasteiger partial charge on any atom is 0.305 e.